The molecule has 0 bridgehead atoms. The zero-order chi connectivity index (χ0) is 30.0. The number of carbonyl (C=O) groups excluding carboxylic acids is 3. The first-order valence-corrected chi connectivity index (χ1v) is 14.5. The Kier molecular flexibility index (Phi) is 9.56. The number of amides is 2. The number of halogens is 1. The number of nitrogens with one attached hydrogen (secondary N) is 2. The van der Waals surface area contributed by atoms with Gasteiger partial charge in [0.15, 0.2) is 5.78 Å². The van der Waals surface area contributed by atoms with Crippen molar-refractivity contribution in [3.63, 3.8) is 0 Å². The summed E-state index contributed by atoms with van der Waals surface area (Å²) in [4.78, 5) is 39.6. The fourth-order valence-corrected chi connectivity index (χ4v) is 5.03. The van der Waals surface area contributed by atoms with Crippen LogP contribution in [0.15, 0.2) is 144 Å². The van der Waals surface area contributed by atoms with Crippen molar-refractivity contribution in [2.24, 2.45) is 0 Å². The van der Waals surface area contributed by atoms with Crippen LogP contribution in [0.1, 0.15) is 26.3 Å². The van der Waals surface area contributed by atoms with Crippen molar-refractivity contribution in [3.05, 3.63) is 162 Å². The van der Waals surface area contributed by atoms with Gasteiger partial charge in [-0.2, -0.15) is 0 Å². The minimum atomic E-state index is -0.609. The normalized spacial score (nSPS) is 11.0. The first kappa shape index (κ1) is 29.2. The number of thioether (sulfide) groups is 1. The summed E-state index contributed by atoms with van der Waals surface area (Å²) in [5.41, 5.74) is 3.67. The van der Waals surface area contributed by atoms with Crippen LogP contribution in [-0.4, -0.2) is 23.4 Å². The van der Waals surface area contributed by atoms with Crippen LogP contribution < -0.4 is 10.6 Å². The van der Waals surface area contributed by atoms with Crippen molar-refractivity contribution in [2.75, 3.05) is 11.1 Å². The van der Waals surface area contributed by atoms with Crippen LogP contribution in [0.4, 0.5) is 10.1 Å². The van der Waals surface area contributed by atoms with Crippen LogP contribution in [0.25, 0.3) is 17.2 Å². The van der Waals surface area contributed by atoms with Gasteiger partial charge in [-0.1, -0.05) is 91.0 Å². The second-order valence-corrected chi connectivity index (χ2v) is 10.6. The summed E-state index contributed by atoms with van der Waals surface area (Å²) >= 11 is 1.39. The van der Waals surface area contributed by atoms with Crippen molar-refractivity contribution in [1.82, 2.24) is 5.32 Å². The molecule has 5 rings (SSSR count). The monoisotopic (exact) mass is 586 g/mol. The topological polar surface area (TPSA) is 75.3 Å². The van der Waals surface area contributed by atoms with Crippen LogP contribution in [-0.2, 0) is 4.79 Å². The van der Waals surface area contributed by atoms with E-state index in [0.29, 0.717) is 16.8 Å². The number of anilines is 1. The molecular formula is C36H27FN2O3S. The van der Waals surface area contributed by atoms with Crippen molar-refractivity contribution >= 4 is 41.1 Å². The number of carbonyl (C=O) groups is 3. The largest absolute Gasteiger partial charge is 0.321 e. The lowest BCUT2D eigenvalue weighted by atomic mass is 10.0. The minimum absolute atomic E-state index is 0.0130. The molecule has 0 heterocycles. The molecule has 0 unspecified atom stereocenters. The molecule has 0 fully saturated rings. The van der Waals surface area contributed by atoms with Crippen molar-refractivity contribution in [1.29, 1.82) is 0 Å². The van der Waals surface area contributed by atoms with Gasteiger partial charge >= 0.3 is 0 Å². The summed E-state index contributed by atoms with van der Waals surface area (Å²) in [7, 11) is 0. The van der Waals surface area contributed by atoms with E-state index in [1.807, 2.05) is 54.6 Å². The van der Waals surface area contributed by atoms with Crippen LogP contribution >= 0.6 is 11.8 Å². The second kappa shape index (κ2) is 14.1. The molecule has 0 aliphatic carbocycles. The molecule has 0 aliphatic heterocycles. The van der Waals surface area contributed by atoms with Crippen LogP contribution in [0.3, 0.4) is 0 Å². The first-order chi connectivity index (χ1) is 21.0. The Bertz CT molecular complexity index is 1750. The highest BCUT2D eigenvalue weighted by atomic mass is 32.2. The van der Waals surface area contributed by atoms with Crippen molar-refractivity contribution in [2.45, 2.75) is 4.90 Å². The van der Waals surface area contributed by atoms with Crippen LogP contribution in [0.5, 0.6) is 0 Å². The van der Waals surface area contributed by atoms with Gasteiger partial charge in [-0.05, 0) is 59.7 Å². The predicted molar refractivity (Wildman–Crippen MR) is 170 cm³/mol. The Balaban J connectivity index is 1.22. The van der Waals surface area contributed by atoms with E-state index in [9.17, 15) is 18.8 Å². The SMILES string of the molecule is O=C(Nc1ccc(SCC(=O)c2ccc(-c3ccccc3)cc2)cc1)/C(=C/c1ccccc1F)NC(=O)c1ccccc1. The molecule has 0 aromatic heterocycles. The number of benzene rings is 5. The molecule has 2 N–H and O–H groups in total. The lowest BCUT2D eigenvalue weighted by Gasteiger charge is -2.12. The highest BCUT2D eigenvalue weighted by Gasteiger charge is 2.16. The number of hydrogen-bond acceptors (Lipinski definition) is 4. The van der Waals surface area contributed by atoms with Gasteiger partial charge in [0.25, 0.3) is 11.8 Å². The molecule has 212 valence electrons. The summed E-state index contributed by atoms with van der Waals surface area (Å²) in [6, 6.07) is 39.0. The average Bonchev–Trinajstić information content (AvgIpc) is 3.05. The molecule has 5 aromatic rings. The quantitative estimate of drug-likeness (QED) is 0.0992. The minimum Gasteiger partial charge on any atom is -0.321 e. The van der Waals surface area contributed by atoms with E-state index in [-0.39, 0.29) is 22.8 Å². The molecule has 0 spiro atoms. The van der Waals surface area contributed by atoms with E-state index in [0.717, 1.165) is 16.0 Å². The third-order valence-electron chi connectivity index (χ3n) is 6.53. The van der Waals surface area contributed by atoms with Gasteiger partial charge in [-0.3, -0.25) is 14.4 Å². The van der Waals surface area contributed by atoms with Crippen molar-refractivity contribution in [3.8, 4) is 11.1 Å². The molecule has 0 atom stereocenters. The van der Waals surface area contributed by atoms with Gasteiger partial charge in [0.05, 0.1) is 5.75 Å². The molecule has 7 heteroatoms. The van der Waals surface area contributed by atoms with Crippen LogP contribution in [0, 0.1) is 5.82 Å². The Morgan fingerprint density at radius 3 is 1.93 bits per heavy atom. The fourth-order valence-electron chi connectivity index (χ4n) is 4.23. The highest BCUT2D eigenvalue weighted by molar-refractivity contribution is 8.00. The predicted octanol–water partition coefficient (Wildman–Crippen LogP) is 7.88. The number of ketones is 1. The highest BCUT2D eigenvalue weighted by Crippen LogP contribution is 2.24. The van der Waals surface area contributed by atoms with Gasteiger partial charge < -0.3 is 10.6 Å². The van der Waals surface area contributed by atoms with Crippen LogP contribution in [0.2, 0.25) is 0 Å². The average molecular weight is 587 g/mol. The zero-order valence-corrected chi connectivity index (χ0v) is 23.8. The summed E-state index contributed by atoms with van der Waals surface area (Å²) < 4.78 is 14.4. The van der Waals surface area contributed by atoms with E-state index < -0.39 is 17.6 Å². The molecule has 43 heavy (non-hydrogen) atoms. The van der Waals surface area contributed by atoms with E-state index in [1.54, 1.807) is 66.7 Å². The molecule has 0 radical (unpaired) electrons. The molecule has 2 amide bonds. The Labute approximate surface area is 253 Å². The zero-order valence-electron chi connectivity index (χ0n) is 23.0. The van der Waals surface area contributed by atoms with Gasteiger partial charge in [0.2, 0.25) is 0 Å². The molecular weight excluding hydrogens is 559 g/mol. The smallest absolute Gasteiger partial charge is 0.272 e. The fraction of sp³-hybridized carbons (Fsp3) is 0.0278. The Hall–Kier alpha value is -5.27. The van der Waals surface area contributed by atoms with Gasteiger partial charge in [-0.25, -0.2) is 4.39 Å². The maximum absolute atomic E-state index is 14.4. The molecule has 0 aliphatic rings. The Morgan fingerprint density at radius 2 is 1.26 bits per heavy atom. The van der Waals surface area contributed by atoms with Gasteiger partial charge in [-0.15, -0.1) is 11.8 Å². The number of hydrogen-bond donors (Lipinski definition) is 2. The summed E-state index contributed by atoms with van der Waals surface area (Å²) in [6.45, 7) is 0. The maximum Gasteiger partial charge on any atom is 0.272 e. The third kappa shape index (κ3) is 7.93. The molecule has 0 saturated heterocycles. The molecule has 0 saturated carbocycles. The van der Waals surface area contributed by atoms with Gasteiger partial charge in [0, 0.05) is 27.3 Å². The van der Waals surface area contributed by atoms with Gasteiger partial charge in [0.1, 0.15) is 11.5 Å². The lowest BCUT2D eigenvalue weighted by Crippen LogP contribution is -2.30. The lowest BCUT2D eigenvalue weighted by molar-refractivity contribution is -0.113. The number of rotatable bonds is 10. The summed E-state index contributed by atoms with van der Waals surface area (Å²) in [5, 5.41) is 5.36. The summed E-state index contributed by atoms with van der Waals surface area (Å²) in [6.07, 6.45) is 1.30. The first-order valence-electron chi connectivity index (χ1n) is 13.5. The molecule has 5 nitrogen and oxygen atoms in total. The van der Waals surface area contributed by atoms with Crippen molar-refractivity contribution < 1.29 is 18.8 Å². The maximum atomic E-state index is 14.4. The van der Waals surface area contributed by atoms with E-state index >= 15 is 0 Å². The second-order valence-electron chi connectivity index (χ2n) is 9.53. The van der Waals surface area contributed by atoms with E-state index in [1.165, 1.54) is 30.0 Å². The van der Waals surface area contributed by atoms with E-state index in [4.69, 9.17) is 0 Å². The summed E-state index contributed by atoms with van der Waals surface area (Å²) in [5.74, 6) is -1.35. The number of Topliss-reactive ketones (excluding diaryl/α,β-unsaturated/α-hetero) is 1. The molecule has 5 aromatic carbocycles. The Morgan fingerprint density at radius 1 is 0.651 bits per heavy atom. The standard InChI is InChI=1S/C36H27FN2O3S/c37-32-14-8-7-13-29(32)23-33(39-35(41)28-11-5-2-6-12-28)36(42)38-30-19-21-31(22-20-30)43-24-34(40)27-17-15-26(16-18-27)25-9-3-1-4-10-25/h1-23H,24H2,(H,38,42)(H,39,41)/b33-23-. The third-order valence-corrected chi connectivity index (χ3v) is 7.54. The van der Waals surface area contributed by atoms with E-state index in [2.05, 4.69) is 10.6 Å².